The quantitative estimate of drug-likeness (QED) is 0.0252. The van der Waals surface area contributed by atoms with Gasteiger partial charge in [-0.3, -0.25) is 0 Å². The van der Waals surface area contributed by atoms with E-state index in [1.165, 1.54) is 6.92 Å². The first-order chi connectivity index (χ1) is 66.2. The highest BCUT2D eigenvalue weighted by molar-refractivity contribution is 5.07. The van der Waals surface area contributed by atoms with Gasteiger partial charge >= 0.3 is 0 Å². The van der Waals surface area contributed by atoms with E-state index in [4.69, 9.17) is 119 Å². The summed E-state index contributed by atoms with van der Waals surface area (Å²) in [5.41, 5.74) is 5.56. The molecule has 0 amide bonds. The van der Waals surface area contributed by atoms with Gasteiger partial charge in [-0.05, 0) is 25.8 Å². The topological polar surface area (TPSA) is 976 Å². The molecule has 12 fully saturated rings. The van der Waals surface area contributed by atoms with Gasteiger partial charge < -0.3 is 303 Å². The molecule has 0 bridgehead atoms. The molecule has 38 N–H and O–H groups in total. The van der Waals surface area contributed by atoms with Gasteiger partial charge in [0.05, 0.1) is 85.4 Å². The van der Waals surface area contributed by atoms with Crippen LogP contribution in [0.25, 0.3) is 0 Å². The van der Waals surface area contributed by atoms with Crippen LogP contribution in [-0.4, -0.2) is 639 Å². The molecule has 61 heteroatoms. The molecule has 0 aromatic rings. The molecule has 139 heavy (non-hydrogen) atoms. The Hall–Kier alpha value is -2.44. The molecule has 0 radical (unpaired) electrons. The van der Waals surface area contributed by atoms with E-state index in [9.17, 15) is 184 Å². The Bertz CT molecular complexity index is 3550. The largest absolute Gasteiger partial charge is 0.394 e. The lowest BCUT2D eigenvalue weighted by atomic mass is 9.91. The predicted molar refractivity (Wildman–Crippen MR) is 425 cm³/mol. The van der Waals surface area contributed by atoms with Gasteiger partial charge in [-0.2, -0.15) is 0 Å². The fourth-order valence-electron chi connectivity index (χ4n) is 18.4. The second kappa shape index (κ2) is 51.4. The van der Waals surface area contributed by atoms with Crippen LogP contribution < -0.4 is 5.73 Å². The summed E-state index contributed by atoms with van der Waals surface area (Å²) in [5.74, 6) is -1.02. The standard InChI is InChI=1S/C78H135NO60/c1-19-32(98)26(13-86)117-68(33(19)99)134-62-45(111)74(124-51(62)21(93)8-81)129-57-35(101)28(15-88)119-70(40(57)106)136-64-47(113)76(126-53(64)23(95)10-83)131-59-37(103)30(17-90)121-72(42(59)108)138-66-49(115)78(128-55(66)25(97)12-85)133-60-38(104)31(18-91)122-73(43(60)109)139-65-48(114)77(127-54(65)24(96)11-84)132-58-36(102)29(16-89)120-71(41(58)107)137-63-46(112)75(125-52(63)22(94)9-82)130-56-34(100)27(14-87)118-69(39(56)105)135-61-44(110)67(116-6-4-2-3-5-79)123-50(61)20(92)7-80/h19-78,80-115H,2-18,79H2,1H3/t19?,20-,21-,22-,23-,24-,25-,26?,27?,28?,29?,30?,31?,32?,33?,34?,35?,36?,37?,38?,39?,40?,41?,42?,43?,44?,45?,46?,47?,48?,49?,50?,51?,52?,53?,54?,55?,56?,57?,58?,59?,60?,61?,62?,63?,64?,65?,66?,67?,68?,69?,70?,71?,72?,73?,74?,75?,76?,77?,78?/m1/s1. The highest BCUT2D eigenvalue weighted by atomic mass is 16.8. The van der Waals surface area contributed by atoms with Crippen molar-refractivity contribution in [3.8, 4) is 0 Å². The molecular formula is C78H135NO60. The van der Waals surface area contributed by atoms with Crippen LogP contribution in [0.5, 0.6) is 0 Å². The first kappa shape index (κ1) is 115. The summed E-state index contributed by atoms with van der Waals surface area (Å²) >= 11 is 0. The minimum atomic E-state index is -2.47. The fraction of sp³-hybridized carbons (Fsp3) is 1.00. The first-order valence-electron chi connectivity index (χ1n) is 45.2. The molecule has 60 atom stereocenters. The number of hydrogen-bond donors (Lipinski definition) is 37. The van der Waals surface area contributed by atoms with Crippen LogP contribution in [0.1, 0.15) is 26.2 Å². The van der Waals surface area contributed by atoms with E-state index in [0.29, 0.717) is 25.8 Å². The van der Waals surface area contributed by atoms with Gasteiger partial charge in [0.25, 0.3) is 0 Å². The maximum absolute atomic E-state index is 12.1. The van der Waals surface area contributed by atoms with E-state index in [1.54, 1.807) is 0 Å². The summed E-state index contributed by atoms with van der Waals surface area (Å²) < 4.78 is 139. The number of aliphatic hydroxyl groups is 36. The highest BCUT2D eigenvalue weighted by Crippen LogP contribution is 2.45. The average Bonchev–Trinajstić information content (AvgIpc) is 1.61. The molecular weight excluding hydrogens is 1910 g/mol. The molecule has 12 saturated heterocycles. The molecule has 12 aliphatic rings. The lowest BCUT2D eigenvalue weighted by Gasteiger charge is -2.44. The van der Waals surface area contributed by atoms with Crippen LogP contribution in [0.2, 0.25) is 0 Å². The zero-order valence-corrected chi connectivity index (χ0v) is 74.1. The molecule has 0 aromatic heterocycles. The molecule has 12 heterocycles. The number of hydrogen-bond acceptors (Lipinski definition) is 61. The number of aliphatic hydroxyl groups excluding tert-OH is 36. The Balaban J connectivity index is 0.697. The summed E-state index contributed by atoms with van der Waals surface area (Å²) in [5, 5.41) is 400. The minimum absolute atomic E-state index is 0.0256. The molecule has 0 aromatic carbocycles. The summed E-state index contributed by atoms with van der Waals surface area (Å²) in [7, 11) is 0. The minimum Gasteiger partial charge on any atom is -0.394 e. The third kappa shape index (κ3) is 24.8. The summed E-state index contributed by atoms with van der Waals surface area (Å²) in [4.78, 5) is 0. The van der Waals surface area contributed by atoms with E-state index >= 15 is 0 Å². The average molecular weight is 2050 g/mol. The summed E-state index contributed by atoms with van der Waals surface area (Å²) in [6.45, 7) is -11.6. The summed E-state index contributed by atoms with van der Waals surface area (Å²) in [6.07, 6.45) is -120. The highest BCUT2D eigenvalue weighted by Gasteiger charge is 2.65. The van der Waals surface area contributed by atoms with Crippen molar-refractivity contribution in [2.45, 2.75) is 389 Å². The monoisotopic (exact) mass is 2050 g/mol. The van der Waals surface area contributed by atoms with E-state index in [2.05, 4.69) is 0 Å². The third-order valence-corrected chi connectivity index (χ3v) is 26.5. The third-order valence-electron chi connectivity index (χ3n) is 26.5. The van der Waals surface area contributed by atoms with Crippen LogP contribution in [0.3, 0.4) is 0 Å². The predicted octanol–water partition coefficient (Wildman–Crippen LogP) is -24.7. The second-order valence-corrected chi connectivity index (χ2v) is 35.7. The van der Waals surface area contributed by atoms with Crippen molar-refractivity contribution >= 4 is 0 Å². The maximum atomic E-state index is 12.1. The zero-order valence-electron chi connectivity index (χ0n) is 74.1. The van der Waals surface area contributed by atoms with Crippen LogP contribution >= 0.6 is 0 Å². The van der Waals surface area contributed by atoms with Crippen LogP contribution in [0, 0.1) is 5.92 Å². The van der Waals surface area contributed by atoms with Gasteiger partial charge in [0.1, 0.15) is 281 Å². The molecule has 0 aliphatic carbocycles. The lowest BCUT2D eigenvalue weighted by Crippen LogP contribution is -2.63. The van der Waals surface area contributed by atoms with E-state index in [0.717, 1.165) is 0 Å². The van der Waals surface area contributed by atoms with E-state index in [1.807, 2.05) is 0 Å². The first-order valence-corrected chi connectivity index (χ1v) is 45.2. The number of unbranched alkanes of at least 4 members (excludes halogenated alkanes) is 2. The van der Waals surface area contributed by atoms with Crippen LogP contribution in [-0.2, 0) is 114 Å². The summed E-state index contributed by atoms with van der Waals surface area (Å²) in [6, 6.07) is 0. The van der Waals surface area contributed by atoms with Crippen molar-refractivity contribution in [1.82, 2.24) is 0 Å². The normalized spacial score (nSPS) is 49.7. The fourth-order valence-corrected chi connectivity index (χ4v) is 18.4. The number of rotatable bonds is 46. The Labute approximate surface area is 787 Å². The van der Waals surface area contributed by atoms with Crippen molar-refractivity contribution in [2.24, 2.45) is 11.7 Å². The number of ether oxygens (including phenoxy) is 24. The van der Waals surface area contributed by atoms with Crippen molar-refractivity contribution in [3.63, 3.8) is 0 Å². The van der Waals surface area contributed by atoms with Crippen LogP contribution in [0.4, 0.5) is 0 Å². The van der Waals surface area contributed by atoms with Gasteiger partial charge in [-0.15, -0.1) is 0 Å². The van der Waals surface area contributed by atoms with Gasteiger partial charge in [0, 0.05) is 12.5 Å². The van der Waals surface area contributed by atoms with Crippen molar-refractivity contribution < 1.29 is 298 Å². The molecule has 0 saturated carbocycles. The zero-order chi connectivity index (χ0) is 102. The van der Waals surface area contributed by atoms with Crippen molar-refractivity contribution in [3.05, 3.63) is 0 Å². The Morgan fingerprint density at radius 1 is 0.201 bits per heavy atom. The Kier molecular flexibility index (Phi) is 42.6. The molecule has 0 spiro atoms. The SMILES string of the molecule is CC1C(O)C(CO)OC(OC2C(O)C(OC3C(O)C(CO)OC(OC4C(O)C(OC5C(O)C(CO)OC(OC6C(O)C(OC7C(O)C(CO)OC(OC8C(O)C(OC9C(O)C(CO)OC(OC%10C(O)C(OC%11C(O)C(CO)OC(OC%12C(O)C(OCCCCCN)OC%12[C@H](O)CO)C%11O)OC%10[C@H](O)CO)C9O)OC8[C@H](O)CO)C7O)OC6[C@H](O)CO)C5O)OC4[C@H](O)CO)C3O)OC2[C@H](O)CO)C1O. The number of nitrogens with two attached hydrogens (primary N) is 1. The second-order valence-electron chi connectivity index (χ2n) is 35.7. The maximum Gasteiger partial charge on any atom is 0.187 e. The molecule has 61 nitrogen and oxygen atoms in total. The smallest absolute Gasteiger partial charge is 0.187 e. The lowest BCUT2D eigenvalue weighted by molar-refractivity contribution is -0.347. The van der Waals surface area contributed by atoms with Crippen molar-refractivity contribution in [1.29, 1.82) is 0 Å². The Morgan fingerprint density at radius 3 is 0.561 bits per heavy atom. The molecule has 12 aliphatic heterocycles. The molecule has 812 valence electrons. The van der Waals surface area contributed by atoms with E-state index < -0.39 is 448 Å². The van der Waals surface area contributed by atoms with Gasteiger partial charge in [-0.25, -0.2) is 0 Å². The van der Waals surface area contributed by atoms with Gasteiger partial charge in [-0.1, -0.05) is 6.92 Å². The van der Waals surface area contributed by atoms with Crippen LogP contribution in [0.15, 0.2) is 0 Å². The Morgan fingerprint density at radius 2 is 0.367 bits per heavy atom. The van der Waals surface area contributed by atoms with Gasteiger partial charge in [0.2, 0.25) is 0 Å². The van der Waals surface area contributed by atoms with Crippen molar-refractivity contribution in [2.75, 3.05) is 92.4 Å². The molecule has 12 rings (SSSR count). The van der Waals surface area contributed by atoms with E-state index in [-0.39, 0.29) is 6.61 Å². The molecule has 54 unspecified atom stereocenters. The van der Waals surface area contributed by atoms with Gasteiger partial charge in [0.15, 0.2) is 75.5 Å².